The highest BCUT2D eigenvalue weighted by Crippen LogP contribution is 2.49. The van der Waals surface area contributed by atoms with E-state index in [2.05, 4.69) is 53.5 Å². The van der Waals surface area contributed by atoms with Crippen LogP contribution in [-0.2, 0) is 0 Å². The molecule has 0 amide bonds. The molecule has 0 N–H and O–H groups in total. The van der Waals surface area contributed by atoms with Crippen LogP contribution in [0.2, 0.25) is 0 Å². The van der Waals surface area contributed by atoms with E-state index >= 15 is 0 Å². The zero-order valence-electron chi connectivity index (χ0n) is 16.1. The molecule has 3 aliphatic carbocycles. The quantitative estimate of drug-likeness (QED) is 0.516. The topological polar surface area (TPSA) is 12.9 Å². The van der Waals surface area contributed by atoms with Crippen molar-refractivity contribution in [3.8, 4) is 22.4 Å². The third-order valence-electron chi connectivity index (χ3n) is 6.27. The zero-order valence-corrected chi connectivity index (χ0v) is 15.1. The second kappa shape index (κ2) is 6.72. The lowest BCUT2D eigenvalue weighted by atomic mass is 9.63. The molecule has 1 heterocycles. The van der Waals surface area contributed by atoms with Crippen molar-refractivity contribution in [3.63, 3.8) is 0 Å². The highest BCUT2D eigenvalue weighted by Gasteiger charge is 2.36. The van der Waals surface area contributed by atoms with Crippen LogP contribution in [0.1, 0.15) is 44.9 Å². The van der Waals surface area contributed by atoms with E-state index in [4.69, 9.17) is 1.37 Å². The van der Waals surface area contributed by atoms with Gasteiger partial charge in [0.2, 0.25) is 0 Å². The molecule has 2 bridgehead atoms. The Morgan fingerprint density at radius 2 is 1.54 bits per heavy atom. The molecule has 1 aromatic heterocycles. The van der Waals surface area contributed by atoms with E-state index in [1.165, 1.54) is 42.4 Å². The first kappa shape index (κ1) is 14.7. The van der Waals surface area contributed by atoms with Crippen LogP contribution in [0.5, 0.6) is 0 Å². The molecule has 26 heavy (non-hydrogen) atoms. The average molecular weight is 340 g/mol. The van der Waals surface area contributed by atoms with Crippen molar-refractivity contribution >= 4 is 0 Å². The fourth-order valence-electron chi connectivity index (χ4n) is 4.80. The van der Waals surface area contributed by atoms with Crippen LogP contribution < -0.4 is 0 Å². The second-order valence-electron chi connectivity index (χ2n) is 7.82. The Bertz CT molecular complexity index is 926. The first-order valence-electron chi connectivity index (χ1n) is 10.3. The average Bonchev–Trinajstić information content (AvgIpc) is 2.75. The maximum absolute atomic E-state index is 9.16. The normalized spacial score (nSPS) is 27.9. The number of rotatable bonds is 3. The number of nitrogens with zero attached hydrogens (tertiary/aromatic N) is 1. The minimum absolute atomic E-state index is 0.368. The SMILES string of the molecule is [2H]C1(c2ccc(-c3ccnc(-c4ccccc4)c3)cc2)CC2CCC1CC2. The van der Waals surface area contributed by atoms with Crippen LogP contribution in [0.3, 0.4) is 0 Å². The number of aromatic nitrogens is 1. The zero-order chi connectivity index (χ0) is 18.3. The Hall–Kier alpha value is -2.41. The molecule has 6 rings (SSSR count). The van der Waals surface area contributed by atoms with Crippen LogP contribution in [0.15, 0.2) is 72.9 Å². The summed E-state index contributed by atoms with van der Waals surface area (Å²) in [5, 5.41) is 0. The van der Waals surface area contributed by atoms with Gasteiger partial charge in [-0.25, -0.2) is 0 Å². The minimum atomic E-state index is -0.368. The van der Waals surface area contributed by atoms with Gasteiger partial charge in [-0.2, -0.15) is 0 Å². The van der Waals surface area contributed by atoms with E-state index in [-0.39, 0.29) is 5.89 Å². The predicted octanol–water partition coefficient (Wildman–Crippen LogP) is 6.71. The summed E-state index contributed by atoms with van der Waals surface area (Å²) in [6, 6.07) is 23.3. The predicted molar refractivity (Wildman–Crippen MR) is 108 cm³/mol. The van der Waals surface area contributed by atoms with Crippen molar-refractivity contribution in [2.45, 2.75) is 38.0 Å². The smallest absolute Gasteiger partial charge is 0.0708 e. The van der Waals surface area contributed by atoms with Crippen LogP contribution in [0.4, 0.5) is 0 Å². The van der Waals surface area contributed by atoms with E-state index in [0.717, 1.165) is 23.6 Å². The summed E-state index contributed by atoms with van der Waals surface area (Å²) in [6.07, 6.45) is 8.08. The third kappa shape index (κ3) is 2.96. The van der Waals surface area contributed by atoms with Crippen molar-refractivity contribution < 1.29 is 1.37 Å². The number of pyridine rings is 1. The van der Waals surface area contributed by atoms with Gasteiger partial charge in [-0.05, 0) is 65.8 Å². The Morgan fingerprint density at radius 1 is 0.769 bits per heavy atom. The molecule has 0 saturated heterocycles. The van der Waals surface area contributed by atoms with Crippen molar-refractivity contribution in [2.75, 3.05) is 0 Å². The maximum atomic E-state index is 9.16. The van der Waals surface area contributed by atoms with Gasteiger partial charge in [-0.15, -0.1) is 0 Å². The van der Waals surface area contributed by atoms with Crippen molar-refractivity contribution in [2.24, 2.45) is 11.8 Å². The van der Waals surface area contributed by atoms with Gasteiger partial charge >= 0.3 is 0 Å². The Labute approximate surface area is 157 Å². The highest BCUT2D eigenvalue weighted by atomic mass is 14.7. The molecule has 130 valence electrons. The molecule has 2 aromatic carbocycles. The molecule has 3 aliphatic rings. The van der Waals surface area contributed by atoms with Gasteiger partial charge in [-0.3, -0.25) is 4.98 Å². The molecule has 1 heteroatoms. The summed E-state index contributed by atoms with van der Waals surface area (Å²) < 4.78 is 9.16. The van der Waals surface area contributed by atoms with Gasteiger partial charge in [-0.1, -0.05) is 67.4 Å². The van der Waals surface area contributed by atoms with Gasteiger partial charge in [0, 0.05) is 13.1 Å². The molecular weight excluding hydrogens is 314 g/mol. The fourth-order valence-corrected chi connectivity index (χ4v) is 4.80. The van der Waals surface area contributed by atoms with Gasteiger partial charge in [0.15, 0.2) is 0 Å². The number of hydrogen-bond donors (Lipinski definition) is 0. The molecule has 1 atom stereocenters. The van der Waals surface area contributed by atoms with Gasteiger partial charge in [0.1, 0.15) is 0 Å². The Kier molecular flexibility index (Phi) is 3.81. The van der Waals surface area contributed by atoms with Gasteiger partial charge in [0.25, 0.3) is 0 Å². The first-order valence-corrected chi connectivity index (χ1v) is 9.85. The van der Waals surface area contributed by atoms with Crippen LogP contribution in [-0.4, -0.2) is 4.98 Å². The van der Waals surface area contributed by atoms with Crippen molar-refractivity contribution in [3.05, 3.63) is 78.5 Å². The van der Waals surface area contributed by atoms with Crippen LogP contribution in [0, 0.1) is 11.8 Å². The van der Waals surface area contributed by atoms with E-state index in [9.17, 15) is 0 Å². The highest BCUT2D eigenvalue weighted by molar-refractivity contribution is 5.70. The number of fused-ring (bicyclic) bond motifs is 3. The Balaban J connectivity index is 1.44. The lowest BCUT2D eigenvalue weighted by molar-refractivity contribution is 0.145. The van der Waals surface area contributed by atoms with E-state index < -0.39 is 0 Å². The Morgan fingerprint density at radius 3 is 2.23 bits per heavy atom. The standard InChI is InChI=1S/C25H25N/c1-2-4-22(5-3-1)25-17-23(14-15-26-25)19-10-12-21(13-11-19)24-16-18-6-8-20(24)9-7-18/h1-5,10-15,17-18,20,24H,6-9,16H2/i24D. The number of hydrogen-bond acceptors (Lipinski definition) is 1. The van der Waals surface area contributed by atoms with Crippen LogP contribution in [0.25, 0.3) is 22.4 Å². The lowest BCUT2D eigenvalue weighted by Crippen LogP contribution is -2.29. The maximum Gasteiger partial charge on any atom is 0.0708 e. The minimum Gasteiger partial charge on any atom is -0.256 e. The molecule has 0 spiro atoms. The van der Waals surface area contributed by atoms with E-state index in [1.807, 2.05) is 24.4 Å². The third-order valence-corrected chi connectivity index (χ3v) is 6.27. The molecule has 3 fully saturated rings. The first-order chi connectivity index (χ1) is 13.2. The van der Waals surface area contributed by atoms with Gasteiger partial charge in [0.05, 0.1) is 5.69 Å². The molecule has 0 radical (unpaired) electrons. The van der Waals surface area contributed by atoms with Crippen LogP contribution >= 0.6 is 0 Å². The molecular formula is C25H25N. The largest absolute Gasteiger partial charge is 0.256 e. The number of benzene rings is 2. The second-order valence-corrected chi connectivity index (χ2v) is 7.82. The summed E-state index contributed by atoms with van der Waals surface area (Å²) in [7, 11) is 0. The lowest BCUT2D eigenvalue weighted by Gasteiger charge is -2.42. The van der Waals surface area contributed by atoms with Gasteiger partial charge < -0.3 is 0 Å². The summed E-state index contributed by atoms with van der Waals surface area (Å²) >= 11 is 0. The van der Waals surface area contributed by atoms with E-state index in [1.54, 1.807) is 0 Å². The summed E-state index contributed by atoms with van der Waals surface area (Å²) in [6.45, 7) is 0. The summed E-state index contributed by atoms with van der Waals surface area (Å²) in [4.78, 5) is 4.53. The summed E-state index contributed by atoms with van der Waals surface area (Å²) in [5.41, 5.74) is 5.72. The van der Waals surface area contributed by atoms with Crippen molar-refractivity contribution in [1.29, 1.82) is 0 Å². The molecule has 1 nitrogen and oxygen atoms in total. The van der Waals surface area contributed by atoms with E-state index in [0.29, 0.717) is 5.92 Å². The molecule has 3 aromatic rings. The summed E-state index contributed by atoms with van der Waals surface area (Å²) in [5.74, 6) is 0.937. The molecule has 3 saturated carbocycles. The fraction of sp³-hybridized carbons (Fsp3) is 0.320. The molecule has 1 unspecified atom stereocenters. The van der Waals surface area contributed by atoms with Crippen molar-refractivity contribution in [1.82, 2.24) is 4.98 Å². The molecule has 0 aliphatic heterocycles. The monoisotopic (exact) mass is 340 g/mol.